The monoisotopic (exact) mass is 369 g/mol. The molecule has 3 rings (SSSR count). The Balaban J connectivity index is 1.95. The first-order chi connectivity index (χ1) is 10.1. The van der Waals surface area contributed by atoms with Gasteiger partial charge >= 0.3 is 5.97 Å². The van der Waals surface area contributed by atoms with Gasteiger partial charge < -0.3 is 4.74 Å². The first-order valence-corrected chi connectivity index (χ1v) is 8.32. The van der Waals surface area contributed by atoms with Crippen LogP contribution in [0.4, 0.5) is 4.39 Å². The third kappa shape index (κ3) is 2.74. The zero-order chi connectivity index (χ0) is 15.0. The van der Waals surface area contributed by atoms with Crippen LogP contribution in [0.1, 0.15) is 29.8 Å². The van der Waals surface area contributed by atoms with E-state index < -0.39 is 0 Å². The minimum atomic E-state index is -0.292. The summed E-state index contributed by atoms with van der Waals surface area (Å²) in [7, 11) is 0. The molecule has 0 N–H and O–H groups in total. The lowest BCUT2D eigenvalue weighted by Crippen LogP contribution is -2.14. The van der Waals surface area contributed by atoms with Gasteiger partial charge in [0.15, 0.2) is 0 Å². The van der Waals surface area contributed by atoms with Gasteiger partial charge in [-0.15, -0.1) is 11.3 Å². The Hall–Kier alpha value is -1.27. The van der Waals surface area contributed by atoms with Gasteiger partial charge in [0.25, 0.3) is 0 Å². The Kier molecular flexibility index (Phi) is 4.08. The van der Waals surface area contributed by atoms with Crippen LogP contribution in [0.5, 0.6) is 0 Å². The summed E-state index contributed by atoms with van der Waals surface area (Å²) in [5.41, 5.74) is 1.67. The molecule has 0 saturated carbocycles. The molecular weight excluding hydrogens is 357 g/mol. The molecule has 0 aliphatic heterocycles. The van der Waals surface area contributed by atoms with E-state index in [1.807, 2.05) is 0 Å². The number of benzene rings is 1. The Morgan fingerprint density at radius 2 is 2.38 bits per heavy atom. The molecule has 0 saturated heterocycles. The van der Waals surface area contributed by atoms with E-state index in [2.05, 4.69) is 20.9 Å². The van der Waals surface area contributed by atoms with Gasteiger partial charge in [-0.05, 0) is 53.9 Å². The molecule has 6 heteroatoms. The lowest BCUT2D eigenvalue weighted by Gasteiger charge is -2.08. The van der Waals surface area contributed by atoms with E-state index in [4.69, 9.17) is 4.74 Å². The summed E-state index contributed by atoms with van der Waals surface area (Å²) in [4.78, 5) is 17.7. The molecule has 2 aromatic rings. The Labute approximate surface area is 134 Å². The van der Waals surface area contributed by atoms with Gasteiger partial charge in [-0.25, -0.2) is 9.37 Å². The van der Waals surface area contributed by atoms with Crippen LogP contribution < -0.4 is 0 Å². The SMILES string of the molecule is CCOC(=O)C1CCc2sc(-c3ccc(F)cc3Br)nc21. The molecule has 110 valence electrons. The molecule has 1 unspecified atom stereocenters. The average molecular weight is 370 g/mol. The summed E-state index contributed by atoms with van der Waals surface area (Å²) in [6, 6.07) is 4.53. The summed E-state index contributed by atoms with van der Waals surface area (Å²) >= 11 is 4.92. The van der Waals surface area contributed by atoms with Gasteiger partial charge in [0.2, 0.25) is 0 Å². The van der Waals surface area contributed by atoms with Gasteiger partial charge in [0, 0.05) is 14.9 Å². The summed E-state index contributed by atoms with van der Waals surface area (Å²) < 4.78 is 18.9. The van der Waals surface area contributed by atoms with E-state index in [1.54, 1.807) is 24.3 Å². The van der Waals surface area contributed by atoms with Crippen LogP contribution >= 0.6 is 27.3 Å². The number of ether oxygens (including phenoxy) is 1. The number of carbonyl (C=O) groups is 1. The number of fused-ring (bicyclic) bond motifs is 1. The van der Waals surface area contributed by atoms with E-state index in [0.717, 1.165) is 34.0 Å². The molecule has 1 aliphatic carbocycles. The molecule has 0 fully saturated rings. The van der Waals surface area contributed by atoms with Crippen LogP contribution in [-0.2, 0) is 16.0 Å². The predicted octanol–water partition coefficient (Wildman–Crippen LogP) is 4.30. The van der Waals surface area contributed by atoms with Crippen molar-refractivity contribution in [2.45, 2.75) is 25.7 Å². The lowest BCUT2D eigenvalue weighted by molar-refractivity contribution is -0.145. The smallest absolute Gasteiger partial charge is 0.315 e. The molecule has 1 aromatic heterocycles. The number of nitrogens with zero attached hydrogens (tertiary/aromatic N) is 1. The highest BCUT2D eigenvalue weighted by atomic mass is 79.9. The van der Waals surface area contributed by atoms with Crippen molar-refractivity contribution < 1.29 is 13.9 Å². The van der Waals surface area contributed by atoms with Crippen molar-refractivity contribution >= 4 is 33.2 Å². The Bertz CT molecular complexity index is 701. The van der Waals surface area contributed by atoms with Crippen molar-refractivity contribution in [3.63, 3.8) is 0 Å². The third-order valence-corrected chi connectivity index (χ3v) is 5.27. The molecule has 21 heavy (non-hydrogen) atoms. The number of aromatic nitrogens is 1. The molecule has 0 bridgehead atoms. The Morgan fingerprint density at radius 1 is 1.57 bits per heavy atom. The van der Waals surface area contributed by atoms with Gasteiger partial charge in [-0.3, -0.25) is 4.79 Å². The van der Waals surface area contributed by atoms with E-state index in [9.17, 15) is 9.18 Å². The maximum absolute atomic E-state index is 13.2. The number of hydrogen-bond donors (Lipinski definition) is 0. The summed E-state index contributed by atoms with van der Waals surface area (Å²) in [6.45, 7) is 2.18. The van der Waals surface area contributed by atoms with Crippen LogP contribution in [0.3, 0.4) is 0 Å². The fourth-order valence-corrected chi connectivity index (χ4v) is 4.33. The summed E-state index contributed by atoms with van der Waals surface area (Å²) in [6.07, 6.45) is 1.60. The van der Waals surface area contributed by atoms with Crippen LogP contribution in [-0.4, -0.2) is 17.6 Å². The minimum Gasteiger partial charge on any atom is -0.465 e. The normalized spacial score (nSPS) is 16.8. The lowest BCUT2D eigenvalue weighted by atomic mass is 10.1. The van der Waals surface area contributed by atoms with Crippen LogP contribution in [0, 0.1) is 5.82 Å². The van der Waals surface area contributed by atoms with Crippen LogP contribution in [0.2, 0.25) is 0 Å². The average Bonchev–Trinajstić information content (AvgIpc) is 2.98. The highest BCUT2D eigenvalue weighted by Crippen LogP contribution is 2.41. The maximum Gasteiger partial charge on any atom is 0.315 e. The van der Waals surface area contributed by atoms with E-state index in [-0.39, 0.29) is 17.7 Å². The number of rotatable bonds is 3. The fourth-order valence-electron chi connectivity index (χ4n) is 2.48. The number of thiazole rings is 1. The maximum atomic E-state index is 13.2. The van der Waals surface area contributed by atoms with Crippen molar-refractivity contribution in [1.29, 1.82) is 0 Å². The largest absolute Gasteiger partial charge is 0.465 e. The molecular formula is C15H13BrFNO2S. The molecule has 1 aliphatic rings. The van der Waals surface area contributed by atoms with Gasteiger partial charge in [-0.2, -0.15) is 0 Å². The van der Waals surface area contributed by atoms with Gasteiger partial charge in [0.05, 0.1) is 12.3 Å². The number of halogens is 2. The zero-order valence-corrected chi connectivity index (χ0v) is 13.8. The molecule has 1 atom stereocenters. The molecule has 0 spiro atoms. The first kappa shape index (κ1) is 14.7. The minimum absolute atomic E-state index is 0.203. The van der Waals surface area contributed by atoms with Crippen molar-refractivity contribution in [2.75, 3.05) is 6.61 Å². The fraction of sp³-hybridized carbons (Fsp3) is 0.333. The quantitative estimate of drug-likeness (QED) is 0.756. The highest BCUT2D eigenvalue weighted by molar-refractivity contribution is 9.10. The molecule has 1 aromatic carbocycles. The highest BCUT2D eigenvalue weighted by Gasteiger charge is 2.33. The number of aryl methyl sites for hydroxylation is 1. The molecule has 3 nitrogen and oxygen atoms in total. The van der Waals surface area contributed by atoms with E-state index >= 15 is 0 Å². The number of hydrogen-bond acceptors (Lipinski definition) is 4. The third-order valence-electron chi connectivity index (χ3n) is 3.45. The second-order valence-electron chi connectivity index (χ2n) is 4.79. The van der Waals surface area contributed by atoms with Crippen LogP contribution in [0.25, 0.3) is 10.6 Å². The van der Waals surface area contributed by atoms with Crippen molar-refractivity contribution in [3.8, 4) is 10.6 Å². The zero-order valence-electron chi connectivity index (χ0n) is 11.4. The van der Waals surface area contributed by atoms with Gasteiger partial charge in [-0.1, -0.05) is 0 Å². The number of carbonyl (C=O) groups excluding carboxylic acids is 1. The standard InChI is InChI=1S/C15H13BrFNO2S/c1-2-20-15(19)10-5-6-12-13(10)18-14(21-12)9-4-3-8(17)7-11(9)16/h3-4,7,10H,2,5-6H2,1H3. The van der Waals surface area contributed by atoms with E-state index in [1.165, 1.54) is 12.1 Å². The van der Waals surface area contributed by atoms with Gasteiger partial charge in [0.1, 0.15) is 16.7 Å². The van der Waals surface area contributed by atoms with Crippen molar-refractivity contribution in [2.24, 2.45) is 0 Å². The Morgan fingerprint density at radius 3 is 3.10 bits per heavy atom. The number of esters is 1. The molecule has 1 heterocycles. The molecule has 0 radical (unpaired) electrons. The van der Waals surface area contributed by atoms with Crippen LogP contribution in [0.15, 0.2) is 22.7 Å². The summed E-state index contributed by atoms with van der Waals surface area (Å²) in [5.74, 6) is -0.755. The first-order valence-electron chi connectivity index (χ1n) is 6.71. The second-order valence-corrected chi connectivity index (χ2v) is 6.73. The van der Waals surface area contributed by atoms with E-state index in [0.29, 0.717) is 11.1 Å². The topological polar surface area (TPSA) is 39.2 Å². The molecule has 0 amide bonds. The summed E-state index contributed by atoms with van der Waals surface area (Å²) in [5, 5.41) is 0.806. The van der Waals surface area contributed by atoms with Crippen molar-refractivity contribution in [3.05, 3.63) is 39.1 Å². The predicted molar refractivity (Wildman–Crippen MR) is 82.9 cm³/mol. The van der Waals surface area contributed by atoms with Crippen molar-refractivity contribution in [1.82, 2.24) is 4.98 Å². The second kappa shape index (κ2) is 5.85.